The van der Waals surface area contributed by atoms with Crippen molar-refractivity contribution in [3.8, 4) is 0 Å². The number of nitrogens with one attached hydrogen (secondary N) is 1. The molecule has 0 spiro atoms. The molecule has 0 aliphatic carbocycles. The number of anilines is 1. The Balaban J connectivity index is 2.00. The minimum Gasteiger partial charge on any atom is -0.461 e. The number of likely N-dealkylation sites (N-methyl/N-ethyl adjacent to an activating group) is 1. The van der Waals surface area contributed by atoms with Gasteiger partial charge in [0, 0.05) is 17.5 Å². The molecule has 11 heteroatoms. The van der Waals surface area contributed by atoms with E-state index in [4.69, 9.17) is 16.3 Å². The molecule has 0 radical (unpaired) electrons. The smallest absolute Gasteiger partial charge is 0.357 e. The summed E-state index contributed by atoms with van der Waals surface area (Å²) < 4.78 is 30.6. The number of amides is 1. The van der Waals surface area contributed by atoms with Crippen molar-refractivity contribution < 1.29 is 22.7 Å². The van der Waals surface area contributed by atoms with Crippen LogP contribution in [0.15, 0.2) is 34.5 Å². The molecular weight excluding hydrogens is 402 g/mol. The van der Waals surface area contributed by atoms with Crippen molar-refractivity contribution in [3.63, 3.8) is 0 Å². The molecule has 0 atom stereocenters. The molecule has 1 N–H and O–H groups in total. The van der Waals surface area contributed by atoms with Crippen LogP contribution in [0.1, 0.15) is 17.4 Å². The zero-order valence-corrected chi connectivity index (χ0v) is 16.3. The summed E-state index contributed by atoms with van der Waals surface area (Å²) in [5, 5.41) is 4.49. The van der Waals surface area contributed by atoms with E-state index in [9.17, 15) is 18.0 Å². The van der Waals surface area contributed by atoms with Gasteiger partial charge in [-0.05, 0) is 31.2 Å². The first-order chi connectivity index (χ1) is 12.2. The first-order valence-electron chi connectivity index (χ1n) is 7.38. The fourth-order valence-corrected chi connectivity index (χ4v) is 3.81. The predicted molar refractivity (Wildman–Crippen MR) is 98.0 cm³/mol. The first-order valence-corrected chi connectivity index (χ1v) is 10.1. The molecule has 8 nitrogen and oxygen atoms in total. The Morgan fingerprint density at radius 3 is 2.58 bits per heavy atom. The average molecular weight is 418 g/mol. The fourth-order valence-electron chi connectivity index (χ4n) is 1.86. The second kappa shape index (κ2) is 8.58. The first kappa shape index (κ1) is 20.3. The molecule has 26 heavy (non-hydrogen) atoms. The number of hydrogen-bond donors (Lipinski definition) is 1. The third-order valence-corrected chi connectivity index (χ3v) is 5.95. The molecule has 1 amide bonds. The maximum absolute atomic E-state index is 12.4. The lowest BCUT2D eigenvalue weighted by Crippen LogP contribution is -2.34. The zero-order chi connectivity index (χ0) is 19.3. The highest BCUT2D eigenvalue weighted by atomic mass is 35.5. The van der Waals surface area contributed by atoms with E-state index in [0.717, 1.165) is 15.6 Å². The second-order valence-electron chi connectivity index (χ2n) is 5.02. The monoisotopic (exact) mass is 417 g/mol. The maximum atomic E-state index is 12.4. The van der Waals surface area contributed by atoms with Crippen LogP contribution in [0.2, 0.25) is 5.02 Å². The Labute approximate surface area is 159 Å². The van der Waals surface area contributed by atoms with Crippen molar-refractivity contribution >= 4 is 50.0 Å². The summed E-state index contributed by atoms with van der Waals surface area (Å²) in [5.41, 5.74) is 0.0780. The molecule has 1 heterocycles. The van der Waals surface area contributed by atoms with Crippen molar-refractivity contribution in [2.45, 2.75) is 11.8 Å². The molecular formula is C15H16ClN3O5S2. The molecule has 0 aliphatic heterocycles. The molecule has 2 rings (SSSR count). The summed E-state index contributed by atoms with van der Waals surface area (Å²) in [6.45, 7) is 1.47. The van der Waals surface area contributed by atoms with Gasteiger partial charge in [0.05, 0.1) is 18.0 Å². The van der Waals surface area contributed by atoms with Crippen LogP contribution in [-0.4, -0.2) is 49.8 Å². The number of hydrogen-bond acceptors (Lipinski definition) is 7. The summed E-state index contributed by atoms with van der Waals surface area (Å²) in [7, 11) is -2.55. The number of halogens is 1. The number of benzene rings is 1. The molecule has 0 saturated heterocycles. The Morgan fingerprint density at radius 2 is 1.96 bits per heavy atom. The van der Waals surface area contributed by atoms with E-state index in [0.29, 0.717) is 5.02 Å². The lowest BCUT2D eigenvalue weighted by atomic mass is 10.4. The normalized spacial score (nSPS) is 11.4. The van der Waals surface area contributed by atoms with E-state index in [-0.39, 0.29) is 22.3 Å². The van der Waals surface area contributed by atoms with Crippen molar-refractivity contribution in [1.29, 1.82) is 0 Å². The van der Waals surface area contributed by atoms with Gasteiger partial charge in [-0.25, -0.2) is 18.2 Å². The van der Waals surface area contributed by atoms with Gasteiger partial charge in [0.15, 0.2) is 10.8 Å². The van der Waals surface area contributed by atoms with Crippen molar-refractivity contribution in [3.05, 3.63) is 40.4 Å². The highest BCUT2D eigenvalue weighted by molar-refractivity contribution is 7.89. The second-order valence-corrected chi connectivity index (χ2v) is 8.36. The standard InChI is InChI=1S/C15H16ClN3O5S2/c1-3-24-14(21)12-9-25-15(17-12)18-13(20)8-19(2)26(22,23)11-6-4-10(16)5-7-11/h4-7,9H,3,8H2,1-2H3,(H,17,18,20). The topological polar surface area (TPSA) is 106 Å². The molecule has 0 saturated carbocycles. The Kier molecular flexibility index (Phi) is 6.70. The van der Waals surface area contributed by atoms with Crippen molar-refractivity contribution in [2.24, 2.45) is 0 Å². The summed E-state index contributed by atoms with van der Waals surface area (Å²) in [5.74, 6) is -1.18. The van der Waals surface area contributed by atoms with Crippen LogP contribution >= 0.6 is 22.9 Å². The van der Waals surface area contributed by atoms with Gasteiger partial charge in [0.2, 0.25) is 15.9 Å². The van der Waals surface area contributed by atoms with Crippen LogP contribution in [0.5, 0.6) is 0 Å². The number of carbonyl (C=O) groups is 2. The fraction of sp³-hybridized carbons (Fsp3) is 0.267. The van der Waals surface area contributed by atoms with E-state index >= 15 is 0 Å². The minimum absolute atomic E-state index is 0.0241. The van der Waals surface area contributed by atoms with E-state index in [2.05, 4.69) is 10.3 Å². The minimum atomic E-state index is -3.84. The Hall–Kier alpha value is -2.01. The van der Waals surface area contributed by atoms with Crippen LogP contribution in [-0.2, 0) is 19.6 Å². The highest BCUT2D eigenvalue weighted by Crippen LogP contribution is 2.19. The number of esters is 1. The third kappa shape index (κ3) is 5.01. The SMILES string of the molecule is CCOC(=O)c1csc(NC(=O)CN(C)S(=O)(=O)c2ccc(Cl)cc2)n1. The molecule has 1 aromatic carbocycles. The summed E-state index contributed by atoms with van der Waals surface area (Å²) in [4.78, 5) is 27.6. The summed E-state index contributed by atoms with van der Waals surface area (Å²) in [6.07, 6.45) is 0. The third-order valence-electron chi connectivity index (χ3n) is 3.12. The molecule has 0 aliphatic rings. The Bertz CT molecular complexity index is 896. The van der Waals surface area contributed by atoms with E-state index in [1.54, 1.807) is 6.92 Å². The lowest BCUT2D eigenvalue weighted by Gasteiger charge is -2.16. The average Bonchev–Trinajstić information content (AvgIpc) is 3.03. The largest absolute Gasteiger partial charge is 0.461 e. The summed E-state index contributed by atoms with van der Waals surface area (Å²) in [6, 6.07) is 5.63. The molecule has 1 aromatic heterocycles. The number of nitrogens with zero attached hydrogens (tertiary/aromatic N) is 2. The number of sulfonamides is 1. The summed E-state index contributed by atoms with van der Waals surface area (Å²) >= 11 is 6.79. The van der Waals surface area contributed by atoms with Gasteiger partial charge in [0.25, 0.3) is 0 Å². The number of carbonyl (C=O) groups excluding carboxylic acids is 2. The van der Waals surface area contributed by atoms with Gasteiger partial charge in [-0.3, -0.25) is 4.79 Å². The molecule has 140 valence electrons. The van der Waals surface area contributed by atoms with Crippen LogP contribution < -0.4 is 5.32 Å². The number of aromatic nitrogens is 1. The van der Waals surface area contributed by atoms with Gasteiger partial charge in [0.1, 0.15) is 0 Å². The van der Waals surface area contributed by atoms with Crippen LogP contribution in [0.3, 0.4) is 0 Å². The van der Waals surface area contributed by atoms with E-state index in [1.807, 2.05) is 0 Å². The van der Waals surface area contributed by atoms with Crippen molar-refractivity contribution in [2.75, 3.05) is 25.5 Å². The van der Waals surface area contributed by atoms with E-state index in [1.165, 1.54) is 36.7 Å². The van der Waals surface area contributed by atoms with Crippen LogP contribution in [0.4, 0.5) is 5.13 Å². The Morgan fingerprint density at radius 1 is 1.31 bits per heavy atom. The lowest BCUT2D eigenvalue weighted by molar-refractivity contribution is -0.116. The highest BCUT2D eigenvalue weighted by Gasteiger charge is 2.23. The van der Waals surface area contributed by atoms with Gasteiger partial charge in [-0.1, -0.05) is 11.6 Å². The number of thiazole rings is 1. The molecule has 2 aromatic rings. The predicted octanol–water partition coefficient (Wildman–Crippen LogP) is 2.23. The van der Waals surface area contributed by atoms with Crippen LogP contribution in [0, 0.1) is 0 Å². The molecule has 0 fully saturated rings. The maximum Gasteiger partial charge on any atom is 0.357 e. The number of ether oxygens (including phenoxy) is 1. The molecule has 0 unspecified atom stereocenters. The van der Waals surface area contributed by atoms with Gasteiger partial charge < -0.3 is 10.1 Å². The van der Waals surface area contributed by atoms with Crippen molar-refractivity contribution in [1.82, 2.24) is 9.29 Å². The number of rotatable bonds is 7. The van der Waals surface area contributed by atoms with Gasteiger partial charge in [-0.15, -0.1) is 11.3 Å². The zero-order valence-electron chi connectivity index (χ0n) is 13.9. The van der Waals surface area contributed by atoms with Crippen LogP contribution in [0.25, 0.3) is 0 Å². The molecule has 0 bridgehead atoms. The quantitative estimate of drug-likeness (QED) is 0.692. The van der Waals surface area contributed by atoms with Gasteiger partial charge >= 0.3 is 5.97 Å². The van der Waals surface area contributed by atoms with E-state index < -0.39 is 28.4 Å². The van der Waals surface area contributed by atoms with Gasteiger partial charge in [-0.2, -0.15) is 4.31 Å².